The van der Waals surface area contributed by atoms with Crippen molar-refractivity contribution in [2.75, 3.05) is 0 Å². The maximum Gasteiger partial charge on any atom is 0.254 e. The van der Waals surface area contributed by atoms with E-state index >= 15 is 0 Å². The van der Waals surface area contributed by atoms with Crippen LogP contribution in [0.2, 0.25) is 0 Å². The molecule has 0 radical (unpaired) electrons. The summed E-state index contributed by atoms with van der Waals surface area (Å²) in [6, 6.07) is 21.0. The Morgan fingerprint density at radius 2 is 0.750 bits per heavy atom. The van der Waals surface area contributed by atoms with E-state index in [1.807, 2.05) is 60.7 Å². The fraction of sp³-hybridized carbons (Fsp3) is 0.562. The first kappa shape index (κ1) is 25.0. The van der Waals surface area contributed by atoms with Crippen LogP contribution < -0.4 is 0 Å². The molecule has 2 aromatic rings. The molecule has 4 nitrogen and oxygen atoms in total. The van der Waals surface area contributed by atoms with E-state index in [1.54, 1.807) is 0 Å². The third-order valence-electron chi connectivity index (χ3n) is 8.90. The lowest BCUT2D eigenvalue weighted by molar-refractivity contribution is 0.0241. The molecule has 3 fully saturated rings. The number of hydrogen-bond donors (Lipinski definition) is 0. The quantitative estimate of drug-likeness (QED) is 0.431. The van der Waals surface area contributed by atoms with Crippen LogP contribution in [0.3, 0.4) is 0 Å². The molecule has 2 amide bonds. The van der Waals surface area contributed by atoms with Gasteiger partial charge in [0.1, 0.15) is 0 Å². The number of rotatable bonds is 6. The smallest absolute Gasteiger partial charge is 0.254 e. The minimum absolute atomic E-state index is 0.204. The Kier molecular flexibility index (Phi) is 8.40. The van der Waals surface area contributed by atoms with Crippen LogP contribution in [0, 0.1) is 0 Å². The van der Waals surface area contributed by atoms with E-state index < -0.39 is 0 Å². The van der Waals surface area contributed by atoms with Gasteiger partial charge in [0.05, 0.1) is 0 Å². The van der Waals surface area contributed by atoms with Gasteiger partial charge in [-0.1, -0.05) is 74.9 Å². The Morgan fingerprint density at radius 3 is 1.08 bits per heavy atom. The summed E-state index contributed by atoms with van der Waals surface area (Å²) in [6.45, 7) is 0. The van der Waals surface area contributed by atoms with Gasteiger partial charge in [0.25, 0.3) is 11.8 Å². The average Bonchev–Trinajstić information content (AvgIpc) is 2.96. The zero-order valence-electron chi connectivity index (χ0n) is 21.7. The molecule has 192 valence electrons. The third kappa shape index (κ3) is 5.68. The predicted octanol–water partition coefficient (Wildman–Crippen LogP) is 7.25. The Hall–Kier alpha value is -2.62. The maximum atomic E-state index is 13.8. The van der Waals surface area contributed by atoms with Crippen LogP contribution in [0.4, 0.5) is 0 Å². The van der Waals surface area contributed by atoms with Gasteiger partial charge in [-0.15, -0.1) is 0 Å². The highest BCUT2D eigenvalue weighted by atomic mass is 16.2. The molecule has 0 spiro atoms. The van der Waals surface area contributed by atoms with Gasteiger partial charge in [-0.2, -0.15) is 0 Å². The van der Waals surface area contributed by atoms with Crippen LogP contribution in [-0.4, -0.2) is 45.8 Å². The Balaban J connectivity index is 1.33. The van der Waals surface area contributed by atoms with Crippen molar-refractivity contribution in [3.05, 3.63) is 71.8 Å². The van der Waals surface area contributed by atoms with Crippen LogP contribution in [0.25, 0.3) is 0 Å². The van der Waals surface area contributed by atoms with E-state index in [4.69, 9.17) is 0 Å². The highest BCUT2D eigenvalue weighted by Crippen LogP contribution is 2.36. The molecule has 36 heavy (non-hydrogen) atoms. The van der Waals surface area contributed by atoms with Crippen LogP contribution >= 0.6 is 0 Å². The van der Waals surface area contributed by atoms with Crippen LogP contribution in [0.5, 0.6) is 0 Å². The first-order valence-corrected chi connectivity index (χ1v) is 14.5. The molecule has 0 N–H and O–H groups in total. The van der Waals surface area contributed by atoms with Gasteiger partial charge < -0.3 is 9.80 Å². The van der Waals surface area contributed by atoms with Crippen molar-refractivity contribution in [2.45, 2.75) is 114 Å². The summed E-state index contributed by atoms with van der Waals surface area (Å²) in [5.41, 5.74) is 1.63. The Bertz CT molecular complexity index is 890. The summed E-state index contributed by atoms with van der Waals surface area (Å²) in [7, 11) is 0. The lowest BCUT2D eigenvalue weighted by Gasteiger charge is -2.47. The molecule has 0 aliphatic heterocycles. The molecule has 2 aromatic carbocycles. The van der Waals surface area contributed by atoms with Gasteiger partial charge >= 0.3 is 0 Å². The number of carbonyl (C=O) groups excluding carboxylic acids is 2. The molecule has 0 saturated heterocycles. The number of hydrogen-bond acceptors (Lipinski definition) is 2. The molecular formula is C32H42N2O2. The normalized spacial score (nSPS) is 23.7. The van der Waals surface area contributed by atoms with Crippen LogP contribution in [0.1, 0.15) is 111 Å². The number of benzene rings is 2. The van der Waals surface area contributed by atoms with Crippen molar-refractivity contribution < 1.29 is 9.59 Å². The van der Waals surface area contributed by atoms with Crippen molar-refractivity contribution in [3.8, 4) is 0 Å². The van der Waals surface area contributed by atoms with E-state index in [0.29, 0.717) is 12.1 Å². The second-order valence-corrected chi connectivity index (χ2v) is 11.2. The minimum Gasteiger partial charge on any atom is -0.333 e. The summed E-state index contributed by atoms with van der Waals surface area (Å²) in [5.74, 6) is 0.408. The fourth-order valence-corrected chi connectivity index (χ4v) is 7.05. The molecule has 0 heterocycles. The van der Waals surface area contributed by atoms with Gasteiger partial charge in [0.15, 0.2) is 0 Å². The molecule has 5 rings (SSSR count). The summed E-state index contributed by atoms with van der Waals surface area (Å²) in [5, 5.41) is 0. The van der Waals surface area contributed by atoms with Crippen molar-refractivity contribution in [2.24, 2.45) is 0 Å². The van der Waals surface area contributed by atoms with E-state index in [-0.39, 0.29) is 23.9 Å². The molecule has 0 bridgehead atoms. The minimum atomic E-state index is 0.204. The molecule has 0 atom stereocenters. The second-order valence-electron chi connectivity index (χ2n) is 11.2. The topological polar surface area (TPSA) is 40.6 Å². The van der Waals surface area contributed by atoms with Gasteiger partial charge in [-0.3, -0.25) is 9.59 Å². The standard InChI is InChI=1S/C32H42N2O2/c35-31(25-13-5-1-6-14-25)33(27-17-9-3-10-18-27)29-21-23-30(24-22-29)34(28-19-11-4-12-20-28)32(36)26-15-7-2-8-16-26/h1-2,5-8,13-16,27-30H,3-4,9-12,17-24H2. The van der Waals surface area contributed by atoms with Crippen molar-refractivity contribution in [1.82, 2.24) is 9.80 Å². The molecule has 0 aromatic heterocycles. The van der Waals surface area contributed by atoms with Gasteiger partial charge in [-0.05, 0) is 75.6 Å². The van der Waals surface area contributed by atoms with Crippen molar-refractivity contribution in [1.29, 1.82) is 0 Å². The van der Waals surface area contributed by atoms with Crippen molar-refractivity contribution >= 4 is 11.8 Å². The zero-order chi connectivity index (χ0) is 24.7. The largest absolute Gasteiger partial charge is 0.333 e. The van der Waals surface area contributed by atoms with Crippen LogP contribution in [0.15, 0.2) is 60.7 Å². The molecular weight excluding hydrogens is 444 g/mol. The van der Waals surface area contributed by atoms with E-state index in [9.17, 15) is 9.59 Å². The number of carbonyl (C=O) groups is 2. The highest BCUT2D eigenvalue weighted by molar-refractivity contribution is 5.95. The molecule has 0 unspecified atom stereocenters. The third-order valence-corrected chi connectivity index (χ3v) is 8.90. The molecule has 3 aliphatic rings. The van der Waals surface area contributed by atoms with Gasteiger partial charge in [0.2, 0.25) is 0 Å². The summed E-state index contributed by atoms with van der Waals surface area (Å²) in [4.78, 5) is 32.1. The summed E-state index contributed by atoms with van der Waals surface area (Å²) in [6.07, 6.45) is 15.9. The SMILES string of the molecule is O=C(c1ccccc1)N(C1CCCCC1)C1CCC(N(C(=O)c2ccccc2)C2CCCCC2)CC1. The molecule has 4 heteroatoms. The van der Waals surface area contributed by atoms with Gasteiger partial charge in [-0.25, -0.2) is 0 Å². The summed E-state index contributed by atoms with van der Waals surface area (Å²) >= 11 is 0. The average molecular weight is 487 g/mol. The Labute approximate surface area is 217 Å². The Morgan fingerprint density at radius 1 is 0.444 bits per heavy atom. The van der Waals surface area contributed by atoms with Gasteiger partial charge in [0, 0.05) is 35.3 Å². The maximum absolute atomic E-state index is 13.8. The number of amides is 2. The predicted molar refractivity (Wildman–Crippen MR) is 145 cm³/mol. The van der Waals surface area contributed by atoms with Crippen LogP contribution in [-0.2, 0) is 0 Å². The van der Waals surface area contributed by atoms with E-state index in [2.05, 4.69) is 9.80 Å². The summed E-state index contributed by atoms with van der Waals surface area (Å²) < 4.78 is 0. The molecule has 3 aliphatic carbocycles. The zero-order valence-corrected chi connectivity index (χ0v) is 21.7. The lowest BCUT2D eigenvalue weighted by Crippen LogP contribution is -2.53. The highest BCUT2D eigenvalue weighted by Gasteiger charge is 2.39. The van der Waals surface area contributed by atoms with Crippen molar-refractivity contribution in [3.63, 3.8) is 0 Å². The first-order valence-electron chi connectivity index (χ1n) is 14.5. The second kappa shape index (κ2) is 12.1. The monoisotopic (exact) mass is 486 g/mol. The molecule has 3 saturated carbocycles. The first-order chi connectivity index (χ1) is 17.7. The van der Waals surface area contributed by atoms with E-state index in [1.165, 1.54) is 38.5 Å². The fourth-order valence-electron chi connectivity index (χ4n) is 7.05. The van der Waals surface area contributed by atoms with E-state index in [0.717, 1.165) is 62.5 Å². The lowest BCUT2D eigenvalue weighted by atomic mass is 9.83. The number of nitrogens with zero attached hydrogens (tertiary/aromatic N) is 2.